The van der Waals surface area contributed by atoms with Crippen LogP contribution in [-0.4, -0.2) is 85.0 Å². The molecular formula is C71H72Cl4F4N12O8S2. The van der Waals surface area contributed by atoms with E-state index >= 15 is 0 Å². The Labute approximate surface area is 603 Å². The molecule has 1 fully saturated rings. The van der Waals surface area contributed by atoms with Crippen molar-refractivity contribution in [2.45, 2.75) is 72.6 Å². The van der Waals surface area contributed by atoms with Crippen molar-refractivity contribution in [3.8, 4) is 0 Å². The Balaban J connectivity index is 0.000000190. The smallest absolute Gasteiger partial charge is 0.255 e. The van der Waals surface area contributed by atoms with Gasteiger partial charge in [-0.15, -0.1) is 0 Å². The van der Waals surface area contributed by atoms with E-state index in [1.165, 1.54) is 108 Å². The van der Waals surface area contributed by atoms with Crippen molar-refractivity contribution in [3.05, 3.63) is 247 Å². The lowest BCUT2D eigenvalue weighted by molar-refractivity contribution is 0.101. The average Bonchev–Trinajstić information content (AvgIpc) is 1.22. The quantitative estimate of drug-likeness (QED) is 0.0261. The Hall–Kier alpha value is -9.44. The van der Waals surface area contributed by atoms with E-state index in [4.69, 9.17) is 46.4 Å². The summed E-state index contributed by atoms with van der Waals surface area (Å²) in [5.74, 6) is -1.81. The molecule has 1 aliphatic rings. The molecule has 1 aliphatic carbocycles. The van der Waals surface area contributed by atoms with Crippen molar-refractivity contribution in [3.63, 3.8) is 0 Å². The third-order valence-corrected chi connectivity index (χ3v) is 18.6. The van der Waals surface area contributed by atoms with Crippen LogP contribution in [0, 0.1) is 35.1 Å². The normalized spacial score (nSPS) is 11.9. The minimum absolute atomic E-state index is 0.0354. The van der Waals surface area contributed by atoms with Gasteiger partial charge in [0.1, 0.15) is 46.5 Å². The molecule has 0 bridgehead atoms. The van der Waals surface area contributed by atoms with Gasteiger partial charge in [0.05, 0.1) is 31.6 Å². The summed E-state index contributed by atoms with van der Waals surface area (Å²) in [6, 6.07) is 36.4. The summed E-state index contributed by atoms with van der Waals surface area (Å²) in [5.41, 5.74) is 5.38. The van der Waals surface area contributed by atoms with Gasteiger partial charge in [0.25, 0.3) is 23.6 Å². The van der Waals surface area contributed by atoms with Crippen molar-refractivity contribution < 1.29 is 53.6 Å². The molecule has 0 saturated heterocycles. The summed E-state index contributed by atoms with van der Waals surface area (Å²) < 4.78 is 105. The fourth-order valence-electron chi connectivity index (χ4n) is 9.45. The lowest BCUT2D eigenvalue weighted by atomic mass is 10.1. The summed E-state index contributed by atoms with van der Waals surface area (Å²) in [6.45, 7) is 9.52. The van der Waals surface area contributed by atoms with Gasteiger partial charge in [-0.25, -0.2) is 54.3 Å². The second-order valence-electron chi connectivity index (χ2n) is 23.1. The Morgan fingerprint density at radius 1 is 0.455 bits per heavy atom. The number of aryl methyl sites for hydroxylation is 1. The van der Waals surface area contributed by atoms with Crippen LogP contribution in [0.1, 0.15) is 112 Å². The Kier molecular flexibility index (Phi) is 30.0. The summed E-state index contributed by atoms with van der Waals surface area (Å²) in [4.78, 5) is 65.4. The lowest BCUT2D eigenvalue weighted by Crippen LogP contribution is -2.22. The van der Waals surface area contributed by atoms with E-state index in [1.807, 2.05) is 0 Å². The van der Waals surface area contributed by atoms with E-state index in [9.17, 15) is 53.6 Å². The van der Waals surface area contributed by atoms with Crippen LogP contribution in [0.4, 0.5) is 63.6 Å². The number of pyridine rings is 4. The highest BCUT2D eigenvalue weighted by atomic mass is 35.5. The Morgan fingerprint density at radius 2 is 0.792 bits per heavy atom. The number of aromatic nitrogens is 4. The zero-order valence-electron chi connectivity index (χ0n) is 55.0. The fraction of sp³-hybridized carbons (Fsp3) is 0.239. The maximum Gasteiger partial charge on any atom is 0.255 e. The van der Waals surface area contributed by atoms with Gasteiger partial charge in [-0.05, 0) is 176 Å². The average molecular weight is 1500 g/mol. The molecule has 4 aromatic heterocycles. The van der Waals surface area contributed by atoms with Crippen LogP contribution in [0.3, 0.4) is 0 Å². The predicted octanol–water partition coefficient (Wildman–Crippen LogP) is 16.9. The molecule has 4 amide bonds. The first-order valence-electron chi connectivity index (χ1n) is 31.6. The van der Waals surface area contributed by atoms with Crippen molar-refractivity contribution in [1.82, 2.24) is 19.9 Å². The molecular weight excluding hydrogens is 1430 g/mol. The van der Waals surface area contributed by atoms with E-state index in [0.29, 0.717) is 64.4 Å². The number of benzene rings is 5. The number of sulfonamides is 2. The van der Waals surface area contributed by atoms with Gasteiger partial charge in [-0.2, -0.15) is 0 Å². The van der Waals surface area contributed by atoms with Gasteiger partial charge in [0.2, 0.25) is 20.0 Å². The highest BCUT2D eigenvalue weighted by Crippen LogP contribution is 2.28. The second-order valence-corrected chi connectivity index (χ2v) is 28.4. The van der Waals surface area contributed by atoms with Crippen LogP contribution < -0.4 is 41.3 Å². The number of rotatable bonds is 24. The molecule has 9 aromatic rings. The first kappa shape index (κ1) is 78.9. The van der Waals surface area contributed by atoms with Crippen molar-refractivity contribution >= 4 is 136 Å². The SMILES string of the molecule is CC(C)CNc1cc(C(=O)Nc2ccc(F)c(Cl)c2)ccn1.CCCS(=O)(=O)Nc1cc(C(=O)Nc2ccc(F)c(Cl)c2)ccn1.CCc1ccc(CCNc2cc(C(=O)Nc3ccc(F)c(Cl)c3)ccn2)cc1.O=C(Nc1ccc(F)c(Cl)c1)c1ccnc(NS(=O)(=O)CC2CCCC2)c1. The maximum absolute atomic E-state index is 13.2. The van der Waals surface area contributed by atoms with E-state index < -0.39 is 55.1 Å². The molecule has 0 aliphatic heterocycles. The summed E-state index contributed by atoms with van der Waals surface area (Å²) in [7, 11) is -7.03. The first-order chi connectivity index (χ1) is 48.1. The fourth-order valence-corrected chi connectivity index (χ4v) is 12.7. The number of amides is 4. The molecule has 30 heteroatoms. The summed E-state index contributed by atoms with van der Waals surface area (Å²) in [6.07, 6.45) is 12.1. The molecule has 8 N–H and O–H groups in total. The highest BCUT2D eigenvalue weighted by Gasteiger charge is 2.24. The Bertz CT molecular complexity index is 4590. The molecule has 20 nitrogen and oxygen atoms in total. The molecule has 1 saturated carbocycles. The van der Waals surface area contributed by atoms with Crippen LogP contribution in [0.5, 0.6) is 0 Å². The zero-order valence-corrected chi connectivity index (χ0v) is 59.7. The summed E-state index contributed by atoms with van der Waals surface area (Å²) >= 11 is 22.8. The second kappa shape index (κ2) is 38.4. The number of nitrogens with zero attached hydrogens (tertiary/aromatic N) is 4. The molecule has 4 heterocycles. The molecule has 101 heavy (non-hydrogen) atoms. The number of hydrogen-bond donors (Lipinski definition) is 8. The number of anilines is 8. The van der Waals surface area contributed by atoms with Crippen LogP contribution in [-0.2, 0) is 32.9 Å². The van der Waals surface area contributed by atoms with Gasteiger partial charge in [0, 0.05) is 82.9 Å². The largest absolute Gasteiger partial charge is 0.370 e. The molecule has 0 spiro atoms. The maximum atomic E-state index is 13.2. The topological polar surface area (TPSA) is 284 Å². The third-order valence-electron chi connectivity index (χ3n) is 14.6. The molecule has 10 rings (SSSR count). The van der Waals surface area contributed by atoms with Crippen LogP contribution in [0.2, 0.25) is 20.1 Å². The van der Waals surface area contributed by atoms with Crippen LogP contribution in [0.25, 0.3) is 0 Å². The van der Waals surface area contributed by atoms with Crippen LogP contribution in [0.15, 0.2) is 170 Å². The predicted molar refractivity (Wildman–Crippen MR) is 393 cm³/mol. The van der Waals surface area contributed by atoms with Crippen molar-refractivity contribution in [2.75, 3.05) is 65.9 Å². The number of nitrogens with one attached hydrogen (secondary N) is 8. The van der Waals surface area contributed by atoms with Gasteiger partial charge in [0.15, 0.2) is 0 Å². The first-order valence-corrected chi connectivity index (χ1v) is 36.4. The number of hydrogen-bond acceptors (Lipinski definition) is 14. The zero-order chi connectivity index (χ0) is 73.2. The van der Waals surface area contributed by atoms with E-state index in [2.05, 4.69) is 106 Å². The number of carbonyl (C=O) groups excluding carboxylic acids is 4. The molecule has 532 valence electrons. The lowest BCUT2D eigenvalue weighted by Gasteiger charge is -2.12. The van der Waals surface area contributed by atoms with Crippen molar-refractivity contribution in [1.29, 1.82) is 0 Å². The van der Waals surface area contributed by atoms with Gasteiger partial charge in [-0.3, -0.25) is 28.6 Å². The van der Waals surface area contributed by atoms with Crippen molar-refractivity contribution in [2.24, 2.45) is 11.8 Å². The molecule has 5 aromatic carbocycles. The summed E-state index contributed by atoms with van der Waals surface area (Å²) in [5, 5.41) is 16.6. The van der Waals surface area contributed by atoms with Gasteiger partial charge < -0.3 is 31.9 Å². The van der Waals surface area contributed by atoms with E-state index in [0.717, 1.165) is 57.2 Å². The number of halogens is 8. The minimum Gasteiger partial charge on any atom is -0.370 e. The van der Waals surface area contributed by atoms with E-state index in [1.54, 1.807) is 43.6 Å². The van der Waals surface area contributed by atoms with Crippen LogP contribution >= 0.6 is 46.4 Å². The highest BCUT2D eigenvalue weighted by molar-refractivity contribution is 7.92. The minimum atomic E-state index is -3.53. The third kappa shape index (κ3) is 26.5. The molecule has 0 unspecified atom stereocenters. The molecule has 0 atom stereocenters. The van der Waals surface area contributed by atoms with E-state index in [-0.39, 0.29) is 72.1 Å². The van der Waals surface area contributed by atoms with Gasteiger partial charge in [-0.1, -0.05) is 111 Å². The number of carbonyl (C=O) groups is 4. The standard InChI is InChI=1S/C22H21ClFN3O.C18H19ClFN3O3S.C16H17ClFN3O.C15H15ClFN3O3S/c1-2-15-3-5-16(6-4-15)9-11-25-21-13-17(10-12-26-21)22(28)27-18-7-8-20(24)19(23)14-18;19-15-10-14(5-6-16(15)20)22-18(24)13-7-8-21-17(9-13)23-27(25,26)11-12-3-1-2-4-12;1-10(2)9-20-15-7-11(5-6-19-15)16(22)21-12-3-4-14(18)13(17)8-12;1-2-7-24(22,23)20-14-8-10(5-6-18-14)15(21)19-11-3-4-13(17)12(16)9-11/h3-8,10,12-14H,2,9,11H2,1H3,(H,25,26)(H,27,28);5-10,12H,1-4,11H2,(H,21,23)(H,22,24);3-8,10H,9H2,1-2H3,(H,19,20)(H,21,22);3-6,8-9H,2,7H2,1H3,(H,18,20)(H,19,21). The molecule has 0 radical (unpaired) electrons. The van der Waals surface area contributed by atoms with Gasteiger partial charge >= 0.3 is 0 Å². The monoisotopic (exact) mass is 1500 g/mol. The Morgan fingerprint density at radius 3 is 1.14 bits per heavy atom.